The average molecular weight is 280 g/mol. The molecule has 1 aromatic carbocycles. The predicted octanol–water partition coefficient (Wildman–Crippen LogP) is 0.808. The molecule has 1 aromatic rings. The van der Waals surface area contributed by atoms with Crippen molar-refractivity contribution in [1.82, 2.24) is 0 Å². The minimum absolute atomic E-state index is 0.100. The van der Waals surface area contributed by atoms with E-state index in [-0.39, 0.29) is 24.7 Å². The van der Waals surface area contributed by atoms with E-state index in [1.807, 2.05) is 0 Å². The summed E-state index contributed by atoms with van der Waals surface area (Å²) in [6.07, 6.45) is -0.0453. The molecule has 1 atom stereocenters. The highest BCUT2D eigenvalue weighted by molar-refractivity contribution is 5.92. The number of hydrogen-bond donors (Lipinski definition) is 1. The first-order valence-electron chi connectivity index (χ1n) is 6.18. The molecule has 6 heteroatoms. The smallest absolute Gasteiger partial charge is 0.224 e. The van der Waals surface area contributed by atoms with Crippen LogP contribution in [0.3, 0.4) is 0 Å². The van der Waals surface area contributed by atoms with Crippen LogP contribution in [0.15, 0.2) is 18.2 Å². The molecule has 6 nitrogen and oxygen atoms in total. The number of carboxylic acids is 1. The molecule has 0 heterocycles. The lowest BCUT2D eigenvalue weighted by Crippen LogP contribution is -2.26. The number of ether oxygens (including phenoxy) is 2. The largest absolute Gasteiger partial charge is 0.550 e. The molecule has 0 unspecified atom stereocenters. The number of anilines is 1. The molecule has 0 aromatic heterocycles. The second kappa shape index (κ2) is 7.37. The van der Waals surface area contributed by atoms with Crippen molar-refractivity contribution in [2.75, 3.05) is 19.5 Å². The lowest BCUT2D eigenvalue weighted by molar-refractivity contribution is -0.306. The number of carboxylic acid groups (broad SMARTS) is 1. The number of carbonyl (C=O) groups is 2. The van der Waals surface area contributed by atoms with Crippen LogP contribution in [-0.4, -0.2) is 26.1 Å². The number of methoxy groups -OCH3 is 2. The molecule has 0 aliphatic heterocycles. The van der Waals surface area contributed by atoms with Gasteiger partial charge >= 0.3 is 0 Å². The van der Waals surface area contributed by atoms with E-state index in [1.54, 1.807) is 25.1 Å². The van der Waals surface area contributed by atoms with Crippen molar-refractivity contribution in [3.63, 3.8) is 0 Å². The normalized spacial score (nSPS) is 11.6. The van der Waals surface area contributed by atoms with Gasteiger partial charge in [0.05, 0.1) is 19.9 Å². The van der Waals surface area contributed by atoms with E-state index in [1.165, 1.54) is 14.2 Å². The Bertz CT molecular complexity index is 486. The second-order valence-corrected chi connectivity index (χ2v) is 4.50. The first-order valence-corrected chi connectivity index (χ1v) is 6.18. The highest BCUT2D eigenvalue weighted by atomic mass is 16.5. The van der Waals surface area contributed by atoms with E-state index in [0.29, 0.717) is 17.2 Å². The summed E-state index contributed by atoms with van der Waals surface area (Å²) in [5.41, 5.74) is 0.513. The maximum absolute atomic E-state index is 11.8. The summed E-state index contributed by atoms with van der Waals surface area (Å²) in [6, 6.07) is 5.02. The Morgan fingerprint density at radius 3 is 2.50 bits per heavy atom. The van der Waals surface area contributed by atoms with Gasteiger partial charge in [-0.25, -0.2) is 0 Å². The van der Waals surface area contributed by atoms with Crippen LogP contribution in [0, 0.1) is 5.92 Å². The average Bonchev–Trinajstić information content (AvgIpc) is 2.37. The molecular weight excluding hydrogens is 262 g/mol. The van der Waals surface area contributed by atoms with Crippen LogP contribution in [-0.2, 0) is 9.59 Å². The fraction of sp³-hybridized carbons (Fsp3) is 0.429. The fourth-order valence-electron chi connectivity index (χ4n) is 1.78. The molecule has 0 aliphatic carbocycles. The van der Waals surface area contributed by atoms with E-state index in [2.05, 4.69) is 5.32 Å². The summed E-state index contributed by atoms with van der Waals surface area (Å²) in [5, 5.41) is 13.1. The number of amides is 1. The lowest BCUT2D eigenvalue weighted by atomic mass is 10.0. The molecule has 1 rings (SSSR count). The number of aliphatic carboxylic acids is 1. The summed E-state index contributed by atoms with van der Waals surface area (Å²) in [7, 11) is 3.03. The summed E-state index contributed by atoms with van der Waals surface area (Å²) in [4.78, 5) is 22.3. The van der Waals surface area contributed by atoms with Gasteiger partial charge in [-0.2, -0.15) is 0 Å². The third-order valence-corrected chi connectivity index (χ3v) is 2.73. The molecule has 110 valence electrons. The van der Waals surface area contributed by atoms with Crippen molar-refractivity contribution in [1.29, 1.82) is 0 Å². The minimum Gasteiger partial charge on any atom is -0.550 e. The van der Waals surface area contributed by atoms with Crippen LogP contribution >= 0.6 is 0 Å². The Morgan fingerprint density at radius 2 is 1.95 bits per heavy atom. The first-order chi connectivity index (χ1) is 9.46. The van der Waals surface area contributed by atoms with Crippen molar-refractivity contribution in [3.05, 3.63) is 18.2 Å². The van der Waals surface area contributed by atoms with E-state index in [9.17, 15) is 14.7 Å². The SMILES string of the molecule is COc1ccc(NC(=O)C[C@@H](C)CC(=O)[O-])c(OC)c1. The summed E-state index contributed by atoms with van der Waals surface area (Å²) in [6.45, 7) is 1.68. The fourth-order valence-corrected chi connectivity index (χ4v) is 1.78. The number of hydrogen-bond acceptors (Lipinski definition) is 5. The quantitative estimate of drug-likeness (QED) is 0.798. The maximum Gasteiger partial charge on any atom is 0.224 e. The van der Waals surface area contributed by atoms with Crippen molar-refractivity contribution < 1.29 is 24.2 Å². The third kappa shape index (κ3) is 4.79. The van der Waals surface area contributed by atoms with E-state index < -0.39 is 5.97 Å². The van der Waals surface area contributed by atoms with Crippen LogP contribution < -0.4 is 19.9 Å². The molecule has 0 radical (unpaired) electrons. The third-order valence-electron chi connectivity index (χ3n) is 2.73. The van der Waals surface area contributed by atoms with Gasteiger partial charge in [-0.1, -0.05) is 6.92 Å². The Balaban J connectivity index is 2.68. The van der Waals surface area contributed by atoms with Gasteiger partial charge < -0.3 is 24.7 Å². The first kappa shape index (κ1) is 15.8. The Hall–Kier alpha value is -2.24. The summed E-state index contributed by atoms with van der Waals surface area (Å²) < 4.78 is 10.2. The van der Waals surface area contributed by atoms with Gasteiger partial charge in [-0.3, -0.25) is 4.79 Å². The highest BCUT2D eigenvalue weighted by Gasteiger charge is 2.12. The van der Waals surface area contributed by atoms with Gasteiger partial charge in [0.2, 0.25) is 5.91 Å². The number of nitrogens with one attached hydrogen (secondary N) is 1. The zero-order valence-electron chi connectivity index (χ0n) is 11.8. The molecule has 1 amide bonds. The van der Waals surface area contributed by atoms with E-state index in [4.69, 9.17) is 9.47 Å². The van der Waals surface area contributed by atoms with Gasteiger partial charge in [0.15, 0.2) is 0 Å². The number of benzene rings is 1. The maximum atomic E-state index is 11.8. The van der Waals surface area contributed by atoms with Gasteiger partial charge in [0.25, 0.3) is 0 Å². The van der Waals surface area contributed by atoms with Gasteiger partial charge in [0, 0.05) is 18.5 Å². The van der Waals surface area contributed by atoms with Gasteiger partial charge in [-0.15, -0.1) is 0 Å². The molecule has 1 N–H and O–H groups in total. The van der Waals surface area contributed by atoms with Crippen molar-refractivity contribution in [2.24, 2.45) is 5.92 Å². The van der Waals surface area contributed by atoms with Crippen LogP contribution in [0.1, 0.15) is 19.8 Å². The van der Waals surface area contributed by atoms with E-state index in [0.717, 1.165) is 0 Å². The van der Waals surface area contributed by atoms with Crippen molar-refractivity contribution >= 4 is 17.6 Å². The molecule has 0 saturated heterocycles. The summed E-state index contributed by atoms with van der Waals surface area (Å²) >= 11 is 0. The molecule has 0 bridgehead atoms. The molecule has 0 aliphatic rings. The molecular formula is C14H18NO5-. The van der Waals surface area contributed by atoms with Gasteiger partial charge in [0.1, 0.15) is 11.5 Å². The van der Waals surface area contributed by atoms with Crippen LogP contribution in [0.2, 0.25) is 0 Å². The van der Waals surface area contributed by atoms with E-state index >= 15 is 0 Å². The number of rotatable bonds is 7. The van der Waals surface area contributed by atoms with Crippen molar-refractivity contribution in [3.8, 4) is 11.5 Å². The van der Waals surface area contributed by atoms with Crippen LogP contribution in [0.5, 0.6) is 11.5 Å². The highest BCUT2D eigenvalue weighted by Crippen LogP contribution is 2.29. The van der Waals surface area contributed by atoms with Crippen LogP contribution in [0.25, 0.3) is 0 Å². The Morgan fingerprint density at radius 1 is 1.25 bits per heavy atom. The topological polar surface area (TPSA) is 87.7 Å². The Labute approximate surface area is 117 Å². The molecule has 0 saturated carbocycles. The molecule has 0 fully saturated rings. The molecule has 20 heavy (non-hydrogen) atoms. The second-order valence-electron chi connectivity index (χ2n) is 4.50. The summed E-state index contributed by atoms with van der Waals surface area (Å²) in [5.74, 6) is -0.630. The lowest BCUT2D eigenvalue weighted by Gasteiger charge is -2.14. The van der Waals surface area contributed by atoms with Crippen molar-refractivity contribution in [2.45, 2.75) is 19.8 Å². The minimum atomic E-state index is -1.16. The van der Waals surface area contributed by atoms with Gasteiger partial charge in [-0.05, 0) is 24.5 Å². The number of carbonyl (C=O) groups excluding carboxylic acids is 2. The van der Waals surface area contributed by atoms with Crippen LogP contribution in [0.4, 0.5) is 5.69 Å². The zero-order valence-corrected chi connectivity index (χ0v) is 11.8. The standard InChI is InChI=1S/C14H19NO5/c1-9(7-14(17)18)6-13(16)15-11-5-4-10(19-2)8-12(11)20-3/h4-5,8-9H,6-7H2,1-3H3,(H,15,16)(H,17,18)/p-1/t9-/m1/s1. The Kier molecular flexibility index (Phi) is 5.83. The molecule has 0 spiro atoms. The predicted molar refractivity (Wildman–Crippen MR) is 71.6 cm³/mol. The zero-order chi connectivity index (χ0) is 15.1. The monoisotopic (exact) mass is 280 g/mol.